The predicted octanol–water partition coefficient (Wildman–Crippen LogP) is 2.26. The molecule has 0 aliphatic rings. The van der Waals surface area contributed by atoms with Crippen LogP contribution in [0.3, 0.4) is 0 Å². The average Bonchev–Trinajstić information content (AvgIpc) is 2.09. The van der Waals surface area contributed by atoms with Crippen LogP contribution < -0.4 is 4.74 Å². The smallest absolute Gasteiger partial charge is 0.152 e. The minimum atomic E-state index is 0.297. The predicted molar refractivity (Wildman–Crippen MR) is 56.1 cm³/mol. The molecule has 0 aliphatic carbocycles. The van der Waals surface area contributed by atoms with Crippen molar-refractivity contribution in [1.82, 2.24) is 4.98 Å². The van der Waals surface area contributed by atoms with Gasteiger partial charge < -0.3 is 4.74 Å². The summed E-state index contributed by atoms with van der Waals surface area (Å²) in [5.74, 6) is 3.32. The molecule has 62 valence electrons. The van der Waals surface area contributed by atoms with Crippen LogP contribution in [0.5, 0.6) is 5.75 Å². The summed E-state index contributed by atoms with van der Waals surface area (Å²) in [7, 11) is 0. The zero-order chi connectivity index (χ0) is 8.81. The summed E-state index contributed by atoms with van der Waals surface area (Å²) < 4.78 is 6.07. The summed E-state index contributed by atoms with van der Waals surface area (Å²) in [6.45, 7) is 0.297. The molecule has 0 atom stereocenters. The van der Waals surface area contributed by atoms with E-state index in [4.69, 9.17) is 16.3 Å². The van der Waals surface area contributed by atoms with Crippen molar-refractivity contribution in [3.63, 3.8) is 0 Å². The molecular formula is C8H5ClINO. The first-order chi connectivity index (χ1) is 5.84. The molecule has 4 heteroatoms. The molecule has 0 spiro atoms. The highest BCUT2D eigenvalue weighted by Gasteiger charge is 1.97. The molecule has 0 aromatic carbocycles. The minimum absolute atomic E-state index is 0.297. The maximum absolute atomic E-state index is 5.25. The lowest BCUT2D eigenvalue weighted by atomic mass is 10.5. The van der Waals surface area contributed by atoms with Crippen molar-refractivity contribution in [3.8, 4) is 17.0 Å². The van der Waals surface area contributed by atoms with Crippen LogP contribution in [0.1, 0.15) is 0 Å². The molecule has 0 N–H and O–H groups in total. The summed E-state index contributed by atoms with van der Waals surface area (Å²) in [5.41, 5.74) is 0. The van der Waals surface area contributed by atoms with Gasteiger partial charge >= 0.3 is 0 Å². The SMILES string of the molecule is ClC#CCOc1cccnc1I. The summed E-state index contributed by atoms with van der Waals surface area (Å²) in [6.07, 6.45) is 1.71. The van der Waals surface area contributed by atoms with Crippen LogP contribution in [0.2, 0.25) is 0 Å². The number of aromatic nitrogens is 1. The molecule has 1 heterocycles. The van der Waals surface area contributed by atoms with Crippen LogP contribution in [-0.4, -0.2) is 11.6 Å². The Morgan fingerprint density at radius 1 is 1.67 bits per heavy atom. The van der Waals surface area contributed by atoms with E-state index in [1.54, 1.807) is 6.20 Å². The van der Waals surface area contributed by atoms with Crippen molar-refractivity contribution in [2.45, 2.75) is 0 Å². The van der Waals surface area contributed by atoms with E-state index in [2.05, 4.69) is 38.9 Å². The summed E-state index contributed by atoms with van der Waals surface area (Å²) in [5, 5.41) is 2.23. The highest BCUT2D eigenvalue weighted by Crippen LogP contribution is 2.16. The Morgan fingerprint density at radius 2 is 2.50 bits per heavy atom. The van der Waals surface area contributed by atoms with E-state index in [-0.39, 0.29) is 0 Å². The number of rotatable bonds is 2. The second-order valence-corrected chi connectivity index (χ2v) is 3.06. The molecular weight excluding hydrogens is 288 g/mol. The monoisotopic (exact) mass is 293 g/mol. The highest BCUT2D eigenvalue weighted by molar-refractivity contribution is 14.1. The van der Waals surface area contributed by atoms with Crippen LogP contribution in [0.15, 0.2) is 18.3 Å². The molecule has 0 aliphatic heterocycles. The van der Waals surface area contributed by atoms with Gasteiger partial charge in [-0.05, 0) is 52.2 Å². The van der Waals surface area contributed by atoms with Crippen molar-refractivity contribution in [1.29, 1.82) is 0 Å². The molecule has 1 rings (SSSR count). The maximum atomic E-state index is 5.25. The van der Waals surface area contributed by atoms with E-state index in [0.717, 1.165) is 9.45 Å². The molecule has 0 bridgehead atoms. The Labute approximate surface area is 89.4 Å². The third kappa shape index (κ3) is 2.88. The molecule has 0 radical (unpaired) electrons. The van der Waals surface area contributed by atoms with Crippen molar-refractivity contribution in [3.05, 3.63) is 22.0 Å². The molecule has 0 saturated heterocycles. The van der Waals surface area contributed by atoms with Crippen LogP contribution in [0, 0.1) is 15.0 Å². The topological polar surface area (TPSA) is 22.1 Å². The van der Waals surface area contributed by atoms with Gasteiger partial charge in [-0.25, -0.2) is 4.98 Å². The number of pyridine rings is 1. The first-order valence-electron chi connectivity index (χ1n) is 3.16. The van der Waals surface area contributed by atoms with Crippen LogP contribution in [0.25, 0.3) is 0 Å². The van der Waals surface area contributed by atoms with Gasteiger partial charge in [0.2, 0.25) is 0 Å². The number of hydrogen-bond acceptors (Lipinski definition) is 2. The summed E-state index contributed by atoms with van der Waals surface area (Å²) in [6, 6.07) is 3.65. The van der Waals surface area contributed by atoms with Crippen LogP contribution in [0.4, 0.5) is 0 Å². The standard InChI is InChI=1S/C8H5ClINO/c9-4-2-6-12-7-3-1-5-11-8(7)10/h1,3,5H,6H2. The Balaban J connectivity index is 2.61. The Bertz CT molecular complexity index is 318. The van der Waals surface area contributed by atoms with E-state index >= 15 is 0 Å². The Morgan fingerprint density at radius 3 is 3.17 bits per heavy atom. The first-order valence-corrected chi connectivity index (χ1v) is 4.62. The van der Waals surface area contributed by atoms with Gasteiger partial charge in [-0.1, -0.05) is 0 Å². The van der Waals surface area contributed by atoms with E-state index in [1.807, 2.05) is 12.1 Å². The molecule has 0 saturated carbocycles. The second kappa shape index (κ2) is 5.22. The summed E-state index contributed by atoms with van der Waals surface area (Å²) in [4.78, 5) is 4.04. The van der Waals surface area contributed by atoms with Crippen molar-refractivity contribution >= 4 is 34.2 Å². The fourth-order valence-electron chi connectivity index (χ4n) is 0.620. The quantitative estimate of drug-likeness (QED) is 0.474. The number of ether oxygens (including phenoxy) is 1. The molecule has 12 heavy (non-hydrogen) atoms. The van der Waals surface area contributed by atoms with Gasteiger partial charge in [-0.3, -0.25) is 0 Å². The van der Waals surface area contributed by atoms with Gasteiger partial charge in [0.1, 0.15) is 10.3 Å². The van der Waals surface area contributed by atoms with E-state index in [1.165, 1.54) is 0 Å². The molecule has 1 aromatic heterocycles. The normalized spacial score (nSPS) is 8.50. The Kier molecular flexibility index (Phi) is 4.19. The van der Waals surface area contributed by atoms with Gasteiger partial charge in [0.05, 0.1) is 0 Å². The molecule has 0 unspecified atom stereocenters. The van der Waals surface area contributed by atoms with Crippen molar-refractivity contribution in [2.75, 3.05) is 6.61 Å². The third-order valence-electron chi connectivity index (χ3n) is 1.09. The second-order valence-electron chi connectivity index (χ2n) is 1.85. The van der Waals surface area contributed by atoms with Crippen LogP contribution >= 0.6 is 34.2 Å². The molecule has 0 amide bonds. The zero-order valence-corrected chi connectivity index (χ0v) is 8.96. The fraction of sp³-hybridized carbons (Fsp3) is 0.125. The van der Waals surface area contributed by atoms with Crippen LogP contribution in [-0.2, 0) is 0 Å². The largest absolute Gasteiger partial charge is 0.478 e. The van der Waals surface area contributed by atoms with Crippen molar-refractivity contribution in [2.24, 2.45) is 0 Å². The minimum Gasteiger partial charge on any atom is -0.478 e. The van der Waals surface area contributed by atoms with E-state index in [0.29, 0.717) is 6.61 Å². The van der Waals surface area contributed by atoms with Gasteiger partial charge in [-0.2, -0.15) is 0 Å². The van der Waals surface area contributed by atoms with Gasteiger partial charge in [-0.15, -0.1) is 0 Å². The summed E-state index contributed by atoms with van der Waals surface area (Å²) >= 11 is 7.24. The fourth-order valence-corrected chi connectivity index (χ4v) is 1.17. The lowest BCUT2D eigenvalue weighted by Crippen LogP contribution is -1.96. The van der Waals surface area contributed by atoms with Crippen molar-refractivity contribution < 1.29 is 4.74 Å². The average molecular weight is 293 g/mol. The lowest BCUT2D eigenvalue weighted by Gasteiger charge is -2.01. The lowest BCUT2D eigenvalue weighted by molar-refractivity contribution is 0.365. The van der Waals surface area contributed by atoms with Gasteiger partial charge in [0, 0.05) is 11.6 Å². The van der Waals surface area contributed by atoms with E-state index in [9.17, 15) is 0 Å². The van der Waals surface area contributed by atoms with Gasteiger partial charge in [0.25, 0.3) is 0 Å². The molecule has 0 fully saturated rings. The number of nitrogens with zero attached hydrogens (tertiary/aromatic N) is 1. The molecule has 2 nitrogen and oxygen atoms in total. The maximum Gasteiger partial charge on any atom is 0.152 e. The number of hydrogen-bond donors (Lipinski definition) is 0. The van der Waals surface area contributed by atoms with Gasteiger partial charge in [0.15, 0.2) is 5.75 Å². The Hall–Kier alpha value is -0.470. The zero-order valence-electron chi connectivity index (χ0n) is 6.05. The highest BCUT2D eigenvalue weighted by atomic mass is 127. The third-order valence-corrected chi connectivity index (χ3v) is 2.04. The number of halogens is 2. The molecule has 1 aromatic rings. The van der Waals surface area contributed by atoms with E-state index < -0.39 is 0 Å². The first kappa shape index (κ1) is 9.62.